The standard InChI is InChI=1S/C12H25NO2/c1-5-11(3)9-12(13-6-2)10-15-8-7-14-4/h12-13H,3,5-10H2,1-2,4H3. The van der Waals surface area contributed by atoms with Crippen molar-refractivity contribution in [1.82, 2.24) is 5.32 Å². The molecular weight excluding hydrogens is 190 g/mol. The van der Waals surface area contributed by atoms with Crippen LogP contribution in [0.15, 0.2) is 12.2 Å². The normalized spacial score (nSPS) is 12.7. The first-order chi connectivity index (χ1) is 7.24. The summed E-state index contributed by atoms with van der Waals surface area (Å²) >= 11 is 0. The SMILES string of the molecule is C=C(CC)CC(COCCOC)NCC. The molecule has 0 amide bonds. The molecule has 0 aromatic heterocycles. The Balaban J connectivity index is 3.67. The Labute approximate surface area is 93.8 Å². The number of nitrogens with one attached hydrogen (secondary N) is 1. The fourth-order valence-electron chi connectivity index (χ4n) is 1.34. The zero-order chi connectivity index (χ0) is 11.5. The summed E-state index contributed by atoms with van der Waals surface area (Å²) in [5.41, 5.74) is 1.27. The van der Waals surface area contributed by atoms with Crippen LogP contribution >= 0.6 is 0 Å². The number of hydrogen-bond donors (Lipinski definition) is 1. The predicted molar refractivity (Wildman–Crippen MR) is 64.2 cm³/mol. The first kappa shape index (κ1) is 14.6. The molecule has 0 aliphatic heterocycles. The van der Waals surface area contributed by atoms with Gasteiger partial charge in [0.05, 0.1) is 19.8 Å². The second kappa shape index (κ2) is 10.1. The van der Waals surface area contributed by atoms with Gasteiger partial charge in [-0.15, -0.1) is 0 Å². The van der Waals surface area contributed by atoms with Gasteiger partial charge in [-0.1, -0.05) is 26.0 Å². The van der Waals surface area contributed by atoms with Gasteiger partial charge in [-0.3, -0.25) is 0 Å². The number of ether oxygens (including phenoxy) is 2. The van der Waals surface area contributed by atoms with E-state index in [2.05, 4.69) is 25.7 Å². The molecule has 0 aromatic carbocycles. The van der Waals surface area contributed by atoms with Crippen molar-refractivity contribution in [3.05, 3.63) is 12.2 Å². The first-order valence-electron chi connectivity index (χ1n) is 5.71. The minimum Gasteiger partial charge on any atom is -0.382 e. The third kappa shape index (κ3) is 8.60. The van der Waals surface area contributed by atoms with Crippen LogP contribution in [0.25, 0.3) is 0 Å². The summed E-state index contributed by atoms with van der Waals surface area (Å²) in [4.78, 5) is 0. The molecule has 0 rings (SSSR count). The van der Waals surface area contributed by atoms with Crippen LogP contribution < -0.4 is 5.32 Å². The second-order valence-corrected chi connectivity index (χ2v) is 3.63. The second-order valence-electron chi connectivity index (χ2n) is 3.63. The molecule has 0 bridgehead atoms. The lowest BCUT2D eigenvalue weighted by atomic mass is 10.1. The number of hydrogen-bond acceptors (Lipinski definition) is 3. The van der Waals surface area contributed by atoms with E-state index in [1.807, 2.05) is 0 Å². The van der Waals surface area contributed by atoms with Crippen LogP contribution in [0.4, 0.5) is 0 Å². The lowest BCUT2D eigenvalue weighted by Gasteiger charge is -2.18. The molecule has 0 saturated carbocycles. The molecule has 3 heteroatoms. The summed E-state index contributed by atoms with van der Waals surface area (Å²) in [6.45, 7) is 11.3. The van der Waals surface area contributed by atoms with Gasteiger partial charge in [0.15, 0.2) is 0 Å². The number of methoxy groups -OCH3 is 1. The smallest absolute Gasteiger partial charge is 0.0701 e. The van der Waals surface area contributed by atoms with Crippen LogP contribution in [0.5, 0.6) is 0 Å². The fraction of sp³-hybridized carbons (Fsp3) is 0.833. The van der Waals surface area contributed by atoms with Gasteiger partial charge in [-0.05, 0) is 19.4 Å². The van der Waals surface area contributed by atoms with E-state index in [1.165, 1.54) is 5.57 Å². The largest absolute Gasteiger partial charge is 0.382 e. The molecule has 1 atom stereocenters. The molecule has 0 aliphatic rings. The van der Waals surface area contributed by atoms with Gasteiger partial charge < -0.3 is 14.8 Å². The van der Waals surface area contributed by atoms with E-state index >= 15 is 0 Å². The van der Waals surface area contributed by atoms with Crippen LogP contribution in [-0.2, 0) is 9.47 Å². The van der Waals surface area contributed by atoms with Crippen LogP contribution in [0.2, 0.25) is 0 Å². The number of likely N-dealkylation sites (N-methyl/N-ethyl adjacent to an activating group) is 1. The minimum atomic E-state index is 0.388. The zero-order valence-electron chi connectivity index (χ0n) is 10.3. The van der Waals surface area contributed by atoms with Gasteiger partial charge in [-0.2, -0.15) is 0 Å². The molecule has 1 unspecified atom stereocenters. The van der Waals surface area contributed by atoms with E-state index in [9.17, 15) is 0 Å². The molecule has 0 heterocycles. The maximum Gasteiger partial charge on any atom is 0.0701 e. The Bertz CT molecular complexity index is 160. The van der Waals surface area contributed by atoms with Crippen molar-refractivity contribution in [2.24, 2.45) is 0 Å². The summed E-state index contributed by atoms with van der Waals surface area (Å²) < 4.78 is 10.4. The van der Waals surface area contributed by atoms with E-state index < -0.39 is 0 Å². The Morgan fingerprint density at radius 1 is 1.33 bits per heavy atom. The van der Waals surface area contributed by atoms with E-state index in [0.29, 0.717) is 19.3 Å². The quantitative estimate of drug-likeness (QED) is 0.446. The summed E-state index contributed by atoms with van der Waals surface area (Å²) in [7, 11) is 1.68. The molecule has 0 aromatic rings. The summed E-state index contributed by atoms with van der Waals surface area (Å²) in [6.07, 6.45) is 2.04. The average molecular weight is 215 g/mol. The maximum atomic E-state index is 5.51. The van der Waals surface area contributed by atoms with Gasteiger partial charge >= 0.3 is 0 Å². The van der Waals surface area contributed by atoms with E-state index in [1.54, 1.807) is 7.11 Å². The van der Waals surface area contributed by atoms with Gasteiger partial charge in [0.25, 0.3) is 0 Å². The van der Waals surface area contributed by atoms with Crippen molar-refractivity contribution in [2.45, 2.75) is 32.7 Å². The summed E-state index contributed by atoms with van der Waals surface area (Å²) in [5.74, 6) is 0. The van der Waals surface area contributed by atoms with Gasteiger partial charge in [0, 0.05) is 13.2 Å². The highest BCUT2D eigenvalue weighted by Crippen LogP contribution is 2.07. The highest BCUT2D eigenvalue weighted by atomic mass is 16.5. The summed E-state index contributed by atoms with van der Waals surface area (Å²) in [6, 6.07) is 0.388. The monoisotopic (exact) mass is 215 g/mol. The Morgan fingerprint density at radius 3 is 2.60 bits per heavy atom. The van der Waals surface area contributed by atoms with Crippen molar-refractivity contribution in [2.75, 3.05) is 33.5 Å². The Kier molecular flexibility index (Phi) is 9.89. The third-order valence-corrected chi connectivity index (χ3v) is 2.28. The van der Waals surface area contributed by atoms with E-state index in [0.717, 1.165) is 26.0 Å². The lowest BCUT2D eigenvalue weighted by Crippen LogP contribution is -2.34. The average Bonchev–Trinajstić information content (AvgIpc) is 2.24. The fourth-order valence-corrected chi connectivity index (χ4v) is 1.34. The molecular formula is C12H25NO2. The molecule has 0 aliphatic carbocycles. The molecule has 0 radical (unpaired) electrons. The van der Waals surface area contributed by atoms with Crippen molar-refractivity contribution < 1.29 is 9.47 Å². The van der Waals surface area contributed by atoms with Crippen LogP contribution in [0.1, 0.15) is 26.7 Å². The Hall–Kier alpha value is -0.380. The van der Waals surface area contributed by atoms with E-state index in [4.69, 9.17) is 9.47 Å². The van der Waals surface area contributed by atoms with Gasteiger partial charge in [0.2, 0.25) is 0 Å². The molecule has 1 N–H and O–H groups in total. The Morgan fingerprint density at radius 2 is 2.07 bits per heavy atom. The minimum absolute atomic E-state index is 0.388. The predicted octanol–water partition coefficient (Wildman–Crippen LogP) is 1.98. The van der Waals surface area contributed by atoms with Crippen molar-refractivity contribution in [3.8, 4) is 0 Å². The highest BCUT2D eigenvalue weighted by molar-refractivity contribution is 4.96. The molecule has 15 heavy (non-hydrogen) atoms. The number of rotatable bonds is 10. The molecule has 0 saturated heterocycles. The molecule has 3 nitrogen and oxygen atoms in total. The van der Waals surface area contributed by atoms with Crippen LogP contribution in [0.3, 0.4) is 0 Å². The lowest BCUT2D eigenvalue weighted by molar-refractivity contribution is 0.0589. The van der Waals surface area contributed by atoms with Crippen molar-refractivity contribution >= 4 is 0 Å². The van der Waals surface area contributed by atoms with Gasteiger partial charge in [-0.25, -0.2) is 0 Å². The van der Waals surface area contributed by atoms with E-state index in [-0.39, 0.29) is 0 Å². The van der Waals surface area contributed by atoms with Crippen LogP contribution in [0, 0.1) is 0 Å². The third-order valence-electron chi connectivity index (χ3n) is 2.28. The topological polar surface area (TPSA) is 30.5 Å². The highest BCUT2D eigenvalue weighted by Gasteiger charge is 2.08. The molecule has 0 spiro atoms. The van der Waals surface area contributed by atoms with Crippen LogP contribution in [-0.4, -0.2) is 39.5 Å². The van der Waals surface area contributed by atoms with Crippen molar-refractivity contribution in [3.63, 3.8) is 0 Å². The van der Waals surface area contributed by atoms with Gasteiger partial charge in [0.1, 0.15) is 0 Å². The summed E-state index contributed by atoms with van der Waals surface area (Å²) in [5, 5.41) is 3.40. The van der Waals surface area contributed by atoms with Crippen molar-refractivity contribution in [1.29, 1.82) is 0 Å². The zero-order valence-corrected chi connectivity index (χ0v) is 10.3. The molecule has 90 valence electrons. The molecule has 0 fully saturated rings. The first-order valence-corrected chi connectivity index (χ1v) is 5.71. The maximum absolute atomic E-state index is 5.51.